The molecule has 0 spiro atoms. The molecule has 1 N–H and O–H groups in total. The maximum atomic E-state index is 5.76. The first-order valence-electron chi connectivity index (χ1n) is 7.77. The fraction of sp³-hybridized carbons (Fsp3) is 0.647. The summed E-state index contributed by atoms with van der Waals surface area (Å²) in [5.41, 5.74) is 2.52. The summed E-state index contributed by atoms with van der Waals surface area (Å²) in [7, 11) is 1.96. The van der Waals surface area contributed by atoms with Gasteiger partial charge in [0.05, 0.1) is 6.61 Å². The largest absolute Gasteiger partial charge is 0.377 e. The maximum absolute atomic E-state index is 5.76. The number of hydrogen-bond donors (Lipinski definition) is 1. The molecule has 1 aromatic carbocycles. The van der Waals surface area contributed by atoms with Gasteiger partial charge < -0.3 is 10.1 Å². The molecule has 1 rings (SSSR count). The van der Waals surface area contributed by atoms with Gasteiger partial charge in [-0.1, -0.05) is 67.1 Å². The summed E-state index contributed by atoms with van der Waals surface area (Å²) in [6, 6.07) is 6.47. The smallest absolute Gasteiger partial charge is 0.0727 e. The van der Waals surface area contributed by atoms with Crippen LogP contribution in [0.1, 0.15) is 56.6 Å². The molecular weight excluding hydrogens is 314 g/mol. The number of nitrogens with one attached hydrogen (secondary N) is 1. The third kappa shape index (κ3) is 7.41. The zero-order chi connectivity index (χ0) is 14.6. The minimum atomic E-state index is 0.704. The number of halogens is 1. The van der Waals surface area contributed by atoms with Crippen molar-refractivity contribution < 1.29 is 4.74 Å². The van der Waals surface area contributed by atoms with Crippen LogP contribution in [0.4, 0.5) is 0 Å². The molecule has 0 radical (unpaired) electrons. The fourth-order valence-electron chi connectivity index (χ4n) is 2.19. The summed E-state index contributed by atoms with van der Waals surface area (Å²) in [5, 5.41) is 3.16. The van der Waals surface area contributed by atoms with Gasteiger partial charge in [-0.2, -0.15) is 0 Å². The fourth-order valence-corrected chi connectivity index (χ4v) is 2.73. The van der Waals surface area contributed by atoms with E-state index in [4.69, 9.17) is 4.74 Å². The monoisotopic (exact) mass is 341 g/mol. The van der Waals surface area contributed by atoms with Gasteiger partial charge in [0.15, 0.2) is 0 Å². The summed E-state index contributed by atoms with van der Waals surface area (Å²) < 4.78 is 6.91. The van der Waals surface area contributed by atoms with Gasteiger partial charge in [0, 0.05) is 17.6 Å². The molecule has 0 bridgehead atoms. The molecule has 0 unspecified atom stereocenters. The van der Waals surface area contributed by atoms with E-state index >= 15 is 0 Å². The first-order valence-corrected chi connectivity index (χ1v) is 8.57. The molecule has 0 amide bonds. The predicted molar refractivity (Wildman–Crippen MR) is 89.9 cm³/mol. The van der Waals surface area contributed by atoms with E-state index in [0.29, 0.717) is 6.61 Å². The molecule has 0 aliphatic rings. The lowest BCUT2D eigenvalue weighted by Crippen LogP contribution is -2.05. The standard InChI is InChI=1S/C17H28BrNO/c1-3-4-5-6-7-8-11-20-14-16-10-9-15(13-19-2)12-17(16)18/h9-10,12,19H,3-8,11,13-14H2,1-2H3. The molecule has 2 nitrogen and oxygen atoms in total. The van der Waals surface area contributed by atoms with E-state index in [1.54, 1.807) is 0 Å². The highest BCUT2D eigenvalue weighted by Crippen LogP contribution is 2.19. The Morgan fingerprint density at radius 1 is 1.10 bits per heavy atom. The number of unbranched alkanes of at least 4 members (excludes halogenated alkanes) is 5. The van der Waals surface area contributed by atoms with Crippen LogP contribution in [0.2, 0.25) is 0 Å². The molecule has 0 aliphatic carbocycles. The second-order valence-electron chi connectivity index (χ2n) is 5.28. The molecule has 0 aromatic heterocycles. The van der Waals surface area contributed by atoms with Crippen molar-refractivity contribution in [3.8, 4) is 0 Å². The first-order chi connectivity index (χ1) is 9.77. The molecule has 0 saturated heterocycles. The van der Waals surface area contributed by atoms with Crippen LogP contribution in [0.5, 0.6) is 0 Å². The Morgan fingerprint density at radius 2 is 1.85 bits per heavy atom. The molecular formula is C17H28BrNO. The van der Waals surface area contributed by atoms with Crippen molar-refractivity contribution in [3.63, 3.8) is 0 Å². The lowest BCUT2D eigenvalue weighted by Gasteiger charge is -2.08. The zero-order valence-corrected chi connectivity index (χ0v) is 14.5. The number of benzene rings is 1. The molecule has 0 heterocycles. The quantitative estimate of drug-likeness (QED) is 0.569. The Kier molecular flexibility index (Phi) is 9.98. The van der Waals surface area contributed by atoms with Gasteiger partial charge in [0.1, 0.15) is 0 Å². The van der Waals surface area contributed by atoms with Gasteiger partial charge in [0.25, 0.3) is 0 Å². The van der Waals surface area contributed by atoms with E-state index in [1.165, 1.54) is 49.7 Å². The Bertz CT molecular complexity index is 368. The SMILES string of the molecule is CCCCCCCCOCc1ccc(CNC)cc1Br. The molecule has 114 valence electrons. The second kappa shape index (κ2) is 11.3. The average molecular weight is 342 g/mol. The lowest BCUT2D eigenvalue weighted by molar-refractivity contribution is 0.116. The highest BCUT2D eigenvalue weighted by molar-refractivity contribution is 9.10. The van der Waals surface area contributed by atoms with Crippen molar-refractivity contribution in [3.05, 3.63) is 33.8 Å². The summed E-state index contributed by atoms with van der Waals surface area (Å²) >= 11 is 3.62. The summed E-state index contributed by atoms with van der Waals surface area (Å²) in [4.78, 5) is 0. The summed E-state index contributed by atoms with van der Waals surface area (Å²) in [6.45, 7) is 4.73. The van der Waals surface area contributed by atoms with Gasteiger partial charge in [-0.05, 0) is 30.7 Å². The number of rotatable bonds is 11. The van der Waals surface area contributed by atoms with Crippen LogP contribution in [0.15, 0.2) is 22.7 Å². The molecule has 20 heavy (non-hydrogen) atoms. The van der Waals surface area contributed by atoms with Crippen molar-refractivity contribution in [2.45, 2.75) is 58.6 Å². The van der Waals surface area contributed by atoms with E-state index in [-0.39, 0.29) is 0 Å². The van der Waals surface area contributed by atoms with Crippen molar-refractivity contribution in [2.24, 2.45) is 0 Å². The van der Waals surface area contributed by atoms with Crippen LogP contribution >= 0.6 is 15.9 Å². The summed E-state index contributed by atoms with van der Waals surface area (Å²) in [6.07, 6.45) is 7.87. The van der Waals surface area contributed by atoms with Gasteiger partial charge in [-0.15, -0.1) is 0 Å². The van der Waals surface area contributed by atoms with Gasteiger partial charge in [-0.3, -0.25) is 0 Å². The van der Waals surface area contributed by atoms with Crippen molar-refractivity contribution in [1.29, 1.82) is 0 Å². The minimum Gasteiger partial charge on any atom is -0.377 e. The van der Waals surface area contributed by atoms with Crippen molar-refractivity contribution in [1.82, 2.24) is 5.32 Å². The average Bonchev–Trinajstić information content (AvgIpc) is 2.44. The summed E-state index contributed by atoms with van der Waals surface area (Å²) in [5.74, 6) is 0. The first kappa shape index (κ1) is 17.7. The highest BCUT2D eigenvalue weighted by Gasteiger charge is 2.01. The van der Waals surface area contributed by atoms with Crippen molar-refractivity contribution >= 4 is 15.9 Å². The van der Waals surface area contributed by atoms with Crippen molar-refractivity contribution in [2.75, 3.05) is 13.7 Å². The number of ether oxygens (including phenoxy) is 1. The Morgan fingerprint density at radius 3 is 2.55 bits per heavy atom. The Balaban J connectivity index is 2.15. The number of hydrogen-bond acceptors (Lipinski definition) is 2. The zero-order valence-electron chi connectivity index (χ0n) is 12.9. The predicted octanol–water partition coefficient (Wildman–Crippen LogP) is 5.05. The molecule has 1 aromatic rings. The molecule has 3 heteroatoms. The van der Waals surface area contributed by atoms with Crippen LogP contribution < -0.4 is 5.32 Å². The molecule has 0 aliphatic heterocycles. The lowest BCUT2D eigenvalue weighted by atomic mass is 10.1. The topological polar surface area (TPSA) is 21.3 Å². The third-order valence-electron chi connectivity index (χ3n) is 3.40. The Hall–Kier alpha value is -0.380. The highest BCUT2D eigenvalue weighted by atomic mass is 79.9. The molecule has 0 fully saturated rings. The molecule has 0 saturated carbocycles. The van der Waals surface area contributed by atoms with E-state index in [0.717, 1.165) is 17.6 Å². The van der Waals surface area contributed by atoms with E-state index in [1.807, 2.05) is 7.05 Å². The van der Waals surface area contributed by atoms with Crippen LogP contribution in [-0.4, -0.2) is 13.7 Å². The van der Waals surface area contributed by atoms with Crippen LogP contribution in [0, 0.1) is 0 Å². The van der Waals surface area contributed by atoms with Gasteiger partial charge in [0.2, 0.25) is 0 Å². The van der Waals surface area contributed by atoms with E-state index in [2.05, 4.69) is 46.4 Å². The molecule has 0 atom stereocenters. The van der Waals surface area contributed by atoms with E-state index in [9.17, 15) is 0 Å². The van der Waals surface area contributed by atoms with Crippen LogP contribution in [0.25, 0.3) is 0 Å². The maximum Gasteiger partial charge on any atom is 0.0727 e. The van der Waals surface area contributed by atoms with Gasteiger partial charge in [-0.25, -0.2) is 0 Å². The second-order valence-corrected chi connectivity index (χ2v) is 6.13. The van der Waals surface area contributed by atoms with Crippen LogP contribution in [0.3, 0.4) is 0 Å². The third-order valence-corrected chi connectivity index (χ3v) is 4.14. The minimum absolute atomic E-state index is 0.704. The van der Waals surface area contributed by atoms with Gasteiger partial charge >= 0.3 is 0 Å². The normalized spacial score (nSPS) is 10.9. The Labute approximate surface area is 132 Å². The van der Waals surface area contributed by atoms with E-state index < -0.39 is 0 Å². The van der Waals surface area contributed by atoms with Crippen LogP contribution in [-0.2, 0) is 17.9 Å².